The number of nitrogens with one attached hydrogen (secondary N) is 1. The van der Waals surface area contributed by atoms with Gasteiger partial charge in [-0.25, -0.2) is 17.5 Å². The van der Waals surface area contributed by atoms with E-state index in [0.717, 1.165) is 6.07 Å². The maximum Gasteiger partial charge on any atom is 0.305 e. The van der Waals surface area contributed by atoms with Crippen LogP contribution in [-0.2, 0) is 19.6 Å². The summed E-state index contributed by atoms with van der Waals surface area (Å²) in [5.41, 5.74) is 0.263. The molecule has 0 unspecified atom stereocenters. The second-order valence-corrected chi connectivity index (χ2v) is 5.98. The standard InChI is InChI=1S/C13H18FNO4S/c1-3-19-13(16)5-4-8-15-20(17,18)11-6-7-12(14)10(2)9-11/h6-7,9,15H,3-5,8H2,1-2H3. The SMILES string of the molecule is CCOC(=O)CCCNS(=O)(=O)c1ccc(F)c(C)c1. The first-order valence-electron chi connectivity index (χ1n) is 6.28. The largest absolute Gasteiger partial charge is 0.466 e. The van der Waals surface area contributed by atoms with Gasteiger partial charge in [-0.15, -0.1) is 0 Å². The number of ether oxygens (including phenoxy) is 1. The fourth-order valence-corrected chi connectivity index (χ4v) is 2.70. The van der Waals surface area contributed by atoms with Crippen LogP contribution in [0.5, 0.6) is 0 Å². The van der Waals surface area contributed by atoms with Crippen LogP contribution in [0.2, 0.25) is 0 Å². The molecular weight excluding hydrogens is 285 g/mol. The van der Waals surface area contributed by atoms with Crippen molar-refractivity contribution in [3.8, 4) is 0 Å². The van der Waals surface area contributed by atoms with E-state index in [1.54, 1.807) is 6.92 Å². The maximum atomic E-state index is 13.1. The molecule has 1 N–H and O–H groups in total. The van der Waals surface area contributed by atoms with Gasteiger partial charge in [-0.05, 0) is 44.0 Å². The fourth-order valence-electron chi connectivity index (χ4n) is 1.54. The van der Waals surface area contributed by atoms with Crippen molar-refractivity contribution in [1.29, 1.82) is 0 Å². The average Bonchev–Trinajstić information content (AvgIpc) is 2.38. The molecular formula is C13H18FNO4S. The molecule has 0 aliphatic heterocycles. The van der Waals surface area contributed by atoms with Crippen molar-refractivity contribution in [3.05, 3.63) is 29.6 Å². The van der Waals surface area contributed by atoms with Gasteiger partial charge in [-0.3, -0.25) is 4.79 Å². The summed E-state index contributed by atoms with van der Waals surface area (Å²) in [6.45, 7) is 3.63. The Hall–Kier alpha value is -1.47. The second-order valence-electron chi connectivity index (χ2n) is 4.22. The summed E-state index contributed by atoms with van der Waals surface area (Å²) in [5, 5.41) is 0. The molecule has 0 amide bonds. The van der Waals surface area contributed by atoms with Crippen molar-refractivity contribution in [3.63, 3.8) is 0 Å². The first-order valence-corrected chi connectivity index (χ1v) is 7.76. The number of hydrogen-bond donors (Lipinski definition) is 1. The molecule has 112 valence electrons. The molecule has 1 aromatic carbocycles. The van der Waals surface area contributed by atoms with E-state index in [9.17, 15) is 17.6 Å². The third-order valence-electron chi connectivity index (χ3n) is 2.59. The van der Waals surface area contributed by atoms with Gasteiger partial charge in [-0.1, -0.05) is 0 Å². The van der Waals surface area contributed by atoms with Gasteiger partial charge in [0.2, 0.25) is 10.0 Å². The van der Waals surface area contributed by atoms with E-state index in [0.29, 0.717) is 13.0 Å². The second kappa shape index (κ2) is 7.35. The number of carbonyl (C=O) groups excluding carboxylic acids is 1. The van der Waals surface area contributed by atoms with E-state index >= 15 is 0 Å². The molecule has 0 fully saturated rings. The number of hydrogen-bond acceptors (Lipinski definition) is 4. The van der Waals surface area contributed by atoms with E-state index in [4.69, 9.17) is 4.74 Å². The summed E-state index contributed by atoms with van der Waals surface area (Å²) in [7, 11) is -3.68. The van der Waals surface area contributed by atoms with Crippen LogP contribution < -0.4 is 4.72 Å². The summed E-state index contributed by atoms with van der Waals surface area (Å²) < 4.78 is 44.0. The highest BCUT2D eigenvalue weighted by Gasteiger charge is 2.14. The van der Waals surface area contributed by atoms with Gasteiger partial charge in [0.25, 0.3) is 0 Å². The number of rotatable bonds is 7. The van der Waals surface area contributed by atoms with E-state index in [1.165, 1.54) is 19.1 Å². The van der Waals surface area contributed by atoms with Crippen molar-refractivity contribution in [1.82, 2.24) is 4.72 Å². The van der Waals surface area contributed by atoms with Crippen LogP contribution in [0, 0.1) is 12.7 Å². The normalized spacial score (nSPS) is 11.3. The van der Waals surface area contributed by atoms with Crippen LogP contribution in [-0.4, -0.2) is 27.5 Å². The van der Waals surface area contributed by atoms with E-state index in [2.05, 4.69) is 4.72 Å². The fraction of sp³-hybridized carbons (Fsp3) is 0.462. The monoisotopic (exact) mass is 303 g/mol. The first kappa shape index (κ1) is 16.6. The summed E-state index contributed by atoms with van der Waals surface area (Å²) in [6, 6.07) is 3.58. The Morgan fingerprint density at radius 2 is 2.10 bits per heavy atom. The summed E-state index contributed by atoms with van der Waals surface area (Å²) >= 11 is 0. The first-order chi connectivity index (χ1) is 9.36. The molecule has 0 radical (unpaired) electrons. The van der Waals surface area contributed by atoms with Crippen molar-refractivity contribution in [2.75, 3.05) is 13.2 Å². The Morgan fingerprint density at radius 1 is 1.40 bits per heavy atom. The Balaban J connectivity index is 2.53. The lowest BCUT2D eigenvalue weighted by Crippen LogP contribution is -2.25. The number of halogens is 1. The average molecular weight is 303 g/mol. The van der Waals surface area contributed by atoms with Crippen molar-refractivity contribution in [2.45, 2.75) is 31.6 Å². The summed E-state index contributed by atoms with van der Waals surface area (Å²) in [6.07, 6.45) is 0.497. The molecule has 0 heterocycles. The number of sulfonamides is 1. The molecule has 0 spiro atoms. The predicted molar refractivity (Wildman–Crippen MR) is 72.2 cm³/mol. The Labute approximate surface area is 118 Å². The van der Waals surface area contributed by atoms with Crippen molar-refractivity contribution < 1.29 is 22.3 Å². The molecule has 20 heavy (non-hydrogen) atoms. The smallest absolute Gasteiger partial charge is 0.305 e. The molecule has 0 saturated carbocycles. The van der Waals surface area contributed by atoms with Gasteiger partial charge in [-0.2, -0.15) is 0 Å². The zero-order valence-electron chi connectivity index (χ0n) is 11.5. The molecule has 0 atom stereocenters. The van der Waals surface area contributed by atoms with Gasteiger partial charge < -0.3 is 4.74 Å². The third-order valence-corrected chi connectivity index (χ3v) is 4.05. The minimum atomic E-state index is -3.68. The lowest BCUT2D eigenvalue weighted by molar-refractivity contribution is -0.143. The van der Waals surface area contributed by atoms with E-state index in [1.807, 2.05) is 0 Å². The maximum absolute atomic E-state index is 13.1. The van der Waals surface area contributed by atoms with Crippen molar-refractivity contribution in [2.24, 2.45) is 0 Å². The Bertz CT molecular complexity index is 572. The van der Waals surface area contributed by atoms with Gasteiger partial charge in [0.05, 0.1) is 11.5 Å². The minimum Gasteiger partial charge on any atom is -0.466 e. The minimum absolute atomic E-state index is 0.00698. The van der Waals surface area contributed by atoms with Crippen LogP contribution in [0.1, 0.15) is 25.3 Å². The van der Waals surface area contributed by atoms with Crippen LogP contribution in [0.15, 0.2) is 23.1 Å². The molecule has 5 nitrogen and oxygen atoms in total. The number of esters is 1. The Morgan fingerprint density at radius 3 is 2.70 bits per heavy atom. The van der Waals surface area contributed by atoms with Gasteiger partial charge in [0, 0.05) is 13.0 Å². The van der Waals surface area contributed by atoms with Crippen LogP contribution in [0.25, 0.3) is 0 Å². The number of aryl methyl sites for hydroxylation is 1. The number of carbonyl (C=O) groups is 1. The number of benzene rings is 1. The molecule has 0 aliphatic rings. The lowest BCUT2D eigenvalue weighted by atomic mass is 10.2. The zero-order chi connectivity index (χ0) is 15.2. The molecule has 0 aromatic heterocycles. The van der Waals surface area contributed by atoms with E-state index < -0.39 is 15.8 Å². The topological polar surface area (TPSA) is 72.5 Å². The van der Waals surface area contributed by atoms with E-state index in [-0.39, 0.29) is 29.4 Å². The molecule has 0 saturated heterocycles. The highest BCUT2D eigenvalue weighted by atomic mass is 32.2. The molecule has 1 rings (SSSR count). The zero-order valence-corrected chi connectivity index (χ0v) is 12.3. The van der Waals surface area contributed by atoms with Gasteiger partial charge in [0.15, 0.2) is 0 Å². The highest BCUT2D eigenvalue weighted by molar-refractivity contribution is 7.89. The summed E-state index contributed by atoms with van der Waals surface area (Å²) in [5.74, 6) is -0.810. The van der Waals surface area contributed by atoms with Crippen LogP contribution in [0.3, 0.4) is 0 Å². The molecule has 7 heteroatoms. The third kappa shape index (κ3) is 4.90. The summed E-state index contributed by atoms with van der Waals surface area (Å²) in [4.78, 5) is 11.1. The predicted octanol–water partition coefficient (Wildman–Crippen LogP) is 1.76. The quantitative estimate of drug-likeness (QED) is 0.615. The van der Waals surface area contributed by atoms with Gasteiger partial charge in [0.1, 0.15) is 5.82 Å². The Kier molecular flexibility index (Phi) is 6.09. The molecule has 1 aromatic rings. The molecule has 0 bridgehead atoms. The van der Waals surface area contributed by atoms with Gasteiger partial charge >= 0.3 is 5.97 Å². The van der Waals surface area contributed by atoms with Crippen molar-refractivity contribution >= 4 is 16.0 Å². The highest BCUT2D eigenvalue weighted by Crippen LogP contribution is 2.14. The lowest BCUT2D eigenvalue weighted by Gasteiger charge is -2.07. The van der Waals surface area contributed by atoms with Crippen LogP contribution in [0.4, 0.5) is 4.39 Å². The van der Waals surface area contributed by atoms with Crippen LogP contribution >= 0.6 is 0 Å². The molecule has 0 aliphatic carbocycles.